The summed E-state index contributed by atoms with van der Waals surface area (Å²) in [4.78, 5) is 12.2. The Labute approximate surface area is 156 Å². The molecule has 26 heavy (non-hydrogen) atoms. The Morgan fingerprint density at radius 3 is 2.88 bits per heavy atom. The normalized spacial score (nSPS) is 35.3. The first-order chi connectivity index (χ1) is 12.5. The lowest BCUT2D eigenvalue weighted by Crippen LogP contribution is -2.43. The zero-order valence-electron chi connectivity index (χ0n) is 16.1. The summed E-state index contributed by atoms with van der Waals surface area (Å²) in [5.41, 5.74) is 3.15. The van der Waals surface area contributed by atoms with Crippen molar-refractivity contribution in [3.8, 4) is 5.75 Å². The molecule has 0 aliphatic heterocycles. The van der Waals surface area contributed by atoms with E-state index in [9.17, 15) is 9.18 Å². The fourth-order valence-corrected chi connectivity index (χ4v) is 6.56. The summed E-state index contributed by atoms with van der Waals surface area (Å²) in [5.74, 6) is 3.63. The van der Waals surface area contributed by atoms with Crippen LogP contribution in [0.5, 0.6) is 5.75 Å². The quantitative estimate of drug-likeness (QED) is 0.651. The van der Waals surface area contributed by atoms with Crippen molar-refractivity contribution in [3.63, 3.8) is 0 Å². The van der Waals surface area contributed by atoms with E-state index in [0.29, 0.717) is 30.6 Å². The first-order valence-corrected chi connectivity index (χ1v) is 10.4. The van der Waals surface area contributed by atoms with Crippen LogP contribution in [-0.4, -0.2) is 19.1 Å². The molecular weight excluding hydrogens is 327 g/mol. The zero-order valence-corrected chi connectivity index (χ0v) is 16.1. The van der Waals surface area contributed by atoms with E-state index in [1.165, 1.54) is 36.8 Å². The number of hydrogen-bond acceptors (Lipinski definition) is 2. The van der Waals surface area contributed by atoms with Crippen LogP contribution < -0.4 is 4.74 Å². The van der Waals surface area contributed by atoms with Crippen molar-refractivity contribution in [2.75, 3.05) is 13.3 Å². The van der Waals surface area contributed by atoms with Gasteiger partial charge in [-0.3, -0.25) is 9.18 Å². The number of ether oxygens (including phenoxy) is 1. The van der Waals surface area contributed by atoms with Crippen LogP contribution in [0.1, 0.15) is 69.4 Å². The van der Waals surface area contributed by atoms with Crippen molar-refractivity contribution in [1.29, 1.82) is 0 Å². The highest BCUT2D eigenvalue weighted by molar-refractivity contribution is 5.79. The summed E-state index contributed by atoms with van der Waals surface area (Å²) in [6.45, 7) is 4.32. The number of benzene rings is 1. The lowest BCUT2D eigenvalue weighted by Gasteiger charge is -2.50. The van der Waals surface area contributed by atoms with Gasteiger partial charge in [-0.1, -0.05) is 13.0 Å². The van der Waals surface area contributed by atoms with Crippen LogP contribution in [0.4, 0.5) is 4.39 Å². The zero-order chi connectivity index (χ0) is 18.3. The highest BCUT2D eigenvalue weighted by Gasteiger charge is 2.55. The molecule has 0 bridgehead atoms. The molecule has 3 aliphatic rings. The molecule has 0 radical (unpaired) electrons. The van der Waals surface area contributed by atoms with Gasteiger partial charge in [-0.05, 0) is 91.9 Å². The SMILES string of the molecule is CC(=O)[C@@H]1CCC2C3CCc4cc(OCCCF)ccc4C3CCC21C. The number of ketones is 1. The average Bonchev–Trinajstić information content (AvgIpc) is 2.99. The van der Waals surface area contributed by atoms with Gasteiger partial charge in [0.15, 0.2) is 0 Å². The number of alkyl halides is 1. The highest BCUT2D eigenvalue weighted by Crippen LogP contribution is 2.63. The van der Waals surface area contributed by atoms with Crippen molar-refractivity contribution in [3.05, 3.63) is 29.3 Å². The molecule has 0 saturated heterocycles. The van der Waals surface area contributed by atoms with Crippen LogP contribution in [0.25, 0.3) is 0 Å². The lowest BCUT2D eigenvalue weighted by atomic mass is 9.54. The summed E-state index contributed by atoms with van der Waals surface area (Å²) in [7, 11) is 0. The molecule has 3 heteroatoms. The van der Waals surface area contributed by atoms with E-state index in [-0.39, 0.29) is 18.0 Å². The lowest BCUT2D eigenvalue weighted by molar-refractivity contribution is -0.125. The van der Waals surface area contributed by atoms with Gasteiger partial charge in [0, 0.05) is 12.3 Å². The summed E-state index contributed by atoms with van der Waals surface area (Å²) in [5, 5.41) is 0. The van der Waals surface area contributed by atoms with E-state index in [4.69, 9.17) is 4.74 Å². The van der Waals surface area contributed by atoms with Crippen LogP contribution in [0.3, 0.4) is 0 Å². The van der Waals surface area contributed by atoms with Crippen molar-refractivity contribution in [2.45, 2.75) is 64.7 Å². The van der Waals surface area contributed by atoms with E-state index in [2.05, 4.69) is 25.1 Å². The fraction of sp³-hybridized carbons (Fsp3) is 0.696. The first kappa shape index (κ1) is 18.0. The van der Waals surface area contributed by atoms with Crippen molar-refractivity contribution in [1.82, 2.24) is 0 Å². The van der Waals surface area contributed by atoms with Crippen molar-refractivity contribution >= 4 is 5.78 Å². The average molecular weight is 358 g/mol. The summed E-state index contributed by atoms with van der Waals surface area (Å²) in [6, 6.07) is 6.52. The molecule has 1 aromatic carbocycles. The second kappa shape index (κ2) is 6.98. The molecule has 4 rings (SSSR count). The standard InChI is InChI=1S/C23H31FO2/c1-15(25)21-8-9-22-20-6-4-16-14-17(26-13-3-12-24)5-7-18(16)19(20)10-11-23(21,22)2/h5,7,14,19-22H,3-4,6,8-13H2,1-2H3/t19?,20?,21-,22?,23?/m0/s1. The van der Waals surface area contributed by atoms with E-state index in [1.807, 2.05) is 0 Å². The van der Waals surface area contributed by atoms with Crippen LogP contribution in [-0.2, 0) is 11.2 Å². The minimum atomic E-state index is -0.323. The highest BCUT2D eigenvalue weighted by atomic mass is 19.1. The molecule has 1 aromatic rings. The molecule has 0 aromatic heterocycles. The van der Waals surface area contributed by atoms with Gasteiger partial charge in [-0.2, -0.15) is 0 Å². The number of Topliss-reactive ketones (excluding diaryl/α,β-unsaturated/α-hetero) is 1. The first-order valence-electron chi connectivity index (χ1n) is 10.4. The Bertz CT molecular complexity index is 685. The maximum atomic E-state index is 12.3. The van der Waals surface area contributed by atoms with Crippen LogP contribution >= 0.6 is 0 Å². The van der Waals surface area contributed by atoms with E-state index in [0.717, 1.165) is 24.5 Å². The van der Waals surface area contributed by atoms with Crippen molar-refractivity contribution < 1.29 is 13.9 Å². The molecule has 5 atom stereocenters. The number of halogens is 1. The monoisotopic (exact) mass is 358 g/mol. The summed E-state index contributed by atoms with van der Waals surface area (Å²) < 4.78 is 18.0. The van der Waals surface area contributed by atoms with E-state index in [1.54, 1.807) is 6.92 Å². The van der Waals surface area contributed by atoms with Gasteiger partial charge in [0.2, 0.25) is 0 Å². The molecule has 0 amide bonds. The van der Waals surface area contributed by atoms with Gasteiger partial charge in [-0.15, -0.1) is 0 Å². The van der Waals surface area contributed by atoms with Gasteiger partial charge in [0.05, 0.1) is 13.3 Å². The third kappa shape index (κ3) is 2.88. The number of carbonyl (C=O) groups excluding carboxylic acids is 1. The topological polar surface area (TPSA) is 26.3 Å². The molecule has 2 saturated carbocycles. The number of fused-ring (bicyclic) bond motifs is 5. The fourth-order valence-electron chi connectivity index (χ4n) is 6.56. The van der Waals surface area contributed by atoms with Crippen LogP contribution in [0.2, 0.25) is 0 Å². The molecule has 2 nitrogen and oxygen atoms in total. The van der Waals surface area contributed by atoms with E-state index >= 15 is 0 Å². The molecule has 0 heterocycles. The Morgan fingerprint density at radius 2 is 2.12 bits per heavy atom. The molecular formula is C23H31FO2. The Balaban J connectivity index is 1.55. The van der Waals surface area contributed by atoms with Gasteiger partial charge < -0.3 is 4.74 Å². The Morgan fingerprint density at radius 1 is 1.27 bits per heavy atom. The molecule has 2 fully saturated rings. The van der Waals surface area contributed by atoms with Crippen LogP contribution in [0.15, 0.2) is 18.2 Å². The second-order valence-corrected chi connectivity index (χ2v) is 8.95. The molecule has 142 valence electrons. The maximum absolute atomic E-state index is 12.3. The Hall–Kier alpha value is -1.38. The smallest absolute Gasteiger partial charge is 0.133 e. The van der Waals surface area contributed by atoms with Gasteiger partial charge in [-0.25, -0.2) is 0 Å². The third-order valence-electron chi connectivity index (χ3n) is 7.74. The number of hydrogen-bond donors (Lipinski definition) is 0. The number of carbonyl (C=O) groups is 1. The second-order valence-electron chi connectivity index (χ2n) is 8.95. The molecule has 4 unspecified atom stereocenters. The summed E-state index contributed by atoms with van der Waals surface area (Å²) >= 11 is 0. The summed E-state index contributed by atoms with van der Waals surface area (Å²) in [6.07, 6.45) is 7.49. The van der Waals surface area contributed by atoms with E-state index < -0.39 is 0 Å². The van der Waals surface area contributed by atoms with Gasteiger partial charge in [0.25, 0.3) is 0 Å². The van der Waals surface area contributed by atoms with Crippen molar-refractivity contribution in [2.24, 2.45) is 23.2 Å². The largest absolute Gasteiger partial charge is 0.493 e. The third-order valence-corrected chi connectivity index (χ3v) is 7.74. The van der Waals surface area contributed by atoms with Gasteiger partial charge in [0.1, 0.15) is 11.5 Å². The number of rotatable bonds is 5. The molecule has 0 N–H and O–H groups in total. The Kier molecular flexibility index (Phi) is 4.83. The minimum Gasteiger partial charge on any atom is -0.493 e. The maximum Gasteiger partial charge on any atom is 0.133 e. The number of aryl methyl sites for hydroxylation is 1. The molecule has 0 spiro atoms. The minimum absolute atomic E-state index is 0.222. The van der Waals surface area contributed by atoms with Gasteiger partial charge >= 0.3 is 0 Å². The predicted octanol–water partition coefficient (Wildman–Crippen LogP) is 5.49. The van der Waals surface area contributed by atoms with Crippen LogP contribution in [0, 0.1) is 23.2 Å². The molecule has 3 aliphatic carbocycles. The predicted molar refractivity (Wildman–Crippen MR) is 101 cm³/mol.